The molecular weight excluding hydrogens is 463 g/mol. The second kappa shape index (κ2) is 12.1. The molecule has 0 saturated heterocycles. The standard InChI is InChI=1S/C24H20ClFN4O4/c25-19-12-18(10-11-20(19)26)29-22(31)15-34-21-9-5-4-8-17(21)14-28-30-24(33)23(32)27-13-16-6-2-1-3-7-16/h1-12,14H,13,15H2,(H,27,32)(H,29,31)(H,30,33)/b28-14-. The van der Waals surface area contributed by atoms with Gasteiger partial charge in [0.15, 0.2) is 6.61 Å². The number of nitrogens with one attached hydrogen (secondary N) is 3. The van der Waals surface area contributed by atoms with Gasteiger partial charge in [0, 0.05) is 17.8 Å². The van der Waals surface area contributed by atoms with E-state index in [2.05, 4.69) is 21.2 Å². The zero-order valence-corrected chi connectivity index (χ0v) is 18.5. The Morgan fingerprint density at radius 3 is 2.47 bits per heavy atom. The van der Waals surface area contributed by atoms with Crippen molar-refractivity contribution in [3.63, 3.8) is 0 Å². The summed E-state index contributed by atoms with van der Waals surface area (Å²) in [5.74, 6) is -2.52. The van der Waals surface area contributed by atoms with Gasteiger partial charge < -0.3 is 15.4 Å². The number of hydrogen-bond acceptors (Lipinski definition) is 5. The zero-order valence-electron chi connectivity index (χ0n) is 17.8. The van der Waals surface area contributed by atoms with Crippen LogP contribution in [0.3, 0.4) is 0 Å². The summed E-state index contributed by atoms with van der Waals surface area (Å²) in [6.07, 6.45) is 1.29. The van der Waals surface area contributed by atoms with E-state index >= 15 is 0 Å². The van der Waals surface area contributed by atoms with Crippen molar-refractivity contribution in [3.05, 3.63) is 94.8 Å². The average molecular weight is 483 g/mol. The summed E-state index contributed by atoms with van der Waals surface area (Å²) in [7, 11) is 0. The van der Waals surface area contributed by atoms with Gasteiger partial charge in [0.2, 0.25) is 0 Å². The molecular formula is C24H20ClFN4O4. The smallest absolute Gasteiger partial charge is 0.329 e. The molecule has 0 unspecified atom stereocenters. The Labute approximate surface area is 199 Å². The van der Waals surface area contributed by atoms with Crippen LogP contribution in [-0.2, 0) is 20.9 Å². The Balaban J connectivity index is 1.50. The number of halogens is 2. The van der Waals surface area contributed by atoms with Crippen molar-refractivity contribution >= 4 is 41.2 Å². The molecule has 0 aliphatic rings. The number of hydrogen-bond donors (Lipinski definition) is 3. The molecule has 0 saturated carbocycles. The third kappa shape index (κ3) is 7.42. The van der Waals surface area contributed by atoms with Crippen molar-refractivity contribution in [3.8, 4) is 5.75 Å². The van der Waals surface area contributed by atoms with Crippen molar-refractivity contribution in [1.29, 1.82) is 0 Å². The van der Waals surface area contributed by atoms with E-state index in [1.807, 2.05) is 30.3 Å². The summed E-state index contributed by atoms with van der Waals surface area (Å²) in [4.78, 5) is 35.9. The minimum Gasteiger partial charge on any atom is -0.483 e. The first kappa shape index (κ1) is 24.4. The van der Waals surface area contributed by atoms with Gasteiger partial charge in [-0.2, -0.15) is 5.10 Å². The van der Waals surface area contributed by atoms with Gasteiger partial charge >= 0.3 is 11.8 Å². The van der Waals surface area contributed by atoms with Crippen LogP contribution in [-0.4, -0.2) is 30.5 Å². The van der Waals surface area contributed by atoms with Gasteiger partial charge in [-0.25, -0.2) is 9.82 Å². The van der Waals surface area contributed by atoms with Gasteiger partial charge in [-0.15, -0.1) is 0 Å². The van der Waals surface area contributed by atoms with Crippen molar-refractivity contribution in [2.24, 2.45) is 5.10 Å². The lowest BCUT2D eigenvalue weighted by molar-refractivity contribution is -0.139. The van der Waals surface area contributed by atoms with E-state index in [0.29, 0.717) is 17.0 Å². The lowest BCUT2D eigenvalue weighted by Gasteiger charge is -2.10. The van der Waals surface area contributed by atoms with Gasteiger partial charge in [-0.1, -0.05) is 54.1 Å². The lowest BCUT2D eigenvalue weighted by Crippen LogP contribution is -2.37. The highest BCUT2D eigenvalue weighted by Gasteiger charge is 2.12. The minimum atomic E-state index is -0.928. The van der Waals surface area contributed by atoms with Crippen molar-refractivity contribution in [1.82, 2.24) is 10.7 Å². The Kier molecular flexibility index (Phi) is 8.70. The summed E-state index contributed by atoms with van der Waals surface area (Å²) >= 11 is 5.70. The van der Waals surface area contributed by atoms with Crippen LogP contribution >= 0.6 is 11.6 Å². The van der Waals surface area contributed by atoms with Crippen LogP contribution in [0.25, 0.3) is 0 Å². The fraction of sp³-hybridized carbons (Fsp3) is 0.0833. The van der Waals surface area contributed by atoms with Crippen LogP contribution in [0.15, 0.2) is 77.9 Å². The number of benzene rings is 3. The highest BCUT2D eigenvalue weighted by Crippen LogP contribution is 2.20. The maximum atomic E-state index is 13.2. The molecule has 8 nitrogen and oxygen atoms in total. The molecule has 34 heavy (non-hydrogen) atoms. The van der Waals surface area contributed by atoms with E-state index in [-0.39, 0.29) is 18.2 Å². The minimum absolute atomic E-state index is 0.115. The van der Waals surface area contributed by atoms with Crippen molar-refractivity contribution < 1.29 is 23.5 Å². The van der Waals surface area contributed by atoms with Crippen molar-refractivity contribution in [2.45, 2.75) is 6.54 Å². The largest absolute Gasteiger partial charge is 0.483 e. The molecule has 0 heterocycles. The van der Waals surface area contributed by atoms with Gasteiger partial charge in [-0.3, -0.25) is 14.4 Å². The van der Waals surface area contributed by atoms with E-state index < -0.39 is 23.5 Å². The molecule has 0 bridgehead atoms. The third-order valence-electron chi connectivity index (χ3n) is 4.35. The fourth-order valence-corrected chi connectivity index (χ4v) is 2.88. The van der Waals surface area contributed by atoms with Gasteiger partial charge in [-0.05, 0) is 35.9 Å². The normalized spacial score (nSPS) is 10.5. The van der Waals surface area contributed by atoms with Crippen LogP contribution in [0.5, 0.6) is 5.75 Å². The van der Waals surface area contributed by atoms with Crippen LogP contribution in [0.4, 0.5) is 10.1 Å². The number of hydrazone groups is 1. The predicted molar refractivity (Wildman–Crippen MR) is 126 cm³/mol. The van der Waals surface area contributed by atoms with E-state index in [4.69, 9.17) is 16.3 Å². The zero-order chi connectivity index (χ0) is 24.3. The fourth-order valence-electron chi connectivity index (χ4n) is 2.70. The molecule has 3 amide bonds. The monoisotopic (exact) mass is 482 g/mol. The van der Waals surface area contributed by atoms with E-state index in [9.17, 15) is 18.8 Å². The number of amides is 3. The summed E-state index contributed by atoms with van der Waals surface area (Å²) in [5, 5.41) is 8.70. The number of rotatable bonds is 8. The maximum absolute atomic E-state index is 13.2. The number of nitrogens with zero attached hydrogens (tertiary/aromatic N) is 1. The summed E-state index contributed by atoms with van der Waals surface area (Å²) < 4.78 is 18.7. The number of carbonyl (C=O) groups excluding carboxylic acids is 3. The first-order valence-electron chi connectivity index (χ1n) is 10.0. The number of ether oxygens (including phenoxy) is 1. The third-order valence-corrected chi connectivity index (χ3v) is 4.64. The number of carbonyl (C=O) groups is 3. The Hall–Kier alpha value is -4.24. The molecule has 0 radical (unpaired) electrons. The molecule has 0 fully saturated rings. The number of para-hydroxylation sites is 1. The molecule has 174 valence electrons. The van der Waals surface area contributed by atoms with Gasteiger partial charge in [0.05, 0.1) is 11.2 Å². The maximum Gasteiger partial charge on any atom is 0.329 e. The second-order valence-corrected chi connectivity index (χ2v) is 7.28. The molecule has 0 aliphatic carbocycles. The summed E-state index contributed by atoms with van der Waals surface area (Å²) in [6, 6.07) is 19.6. The molecule has 3 aromatic rings. The molecule has 3 aromatic carbocycles. The highest BCUT2D eigenvalue weighted by atomic mass is 35.5. The highest BCUT2D eigenvalue weighted by molar-refractivity contribution is 6.35. The molecule has 0 aromatic heterocycles. The van der Waals surface area contributed by atoms with Crippen LogP contribution in [0, 0.1) is 5.82 Å². The molecule has 0 aliphatic heterocycles. The first-order chi connectivity index (χ1) is 16.4. The predicted octanol–water partition coefficient (Wildman–Crippen LogP) is 3.26. The van der Waals surface area contributed by atoms with Crippen LogP contribution in [0.2, 0.25) is 5.02 Å². The molecule has 10 heteroatoms. The Morgan fingerprint density at radius 2 is 1.71 bits per heavy atom. The Bertz CT molecular complexity index is 1200. The van der Waals surface area contributed by atoms with Gasteiger partial charge in [0.25, 0.3) is 5.91 Å². The van der Waals surface area contributed by atoms with Crippen molar-refractivity contribution in [2.75, 3.05) is 11.9 Å². The summed E-state index contributed by atoms with van der Waals surface area (Å²) in [5.41, 5.74) is 3.78. The van der Waals surface area contributed by atoms with Crippen LogP contribution in [0.1, 0.15) is 11.1 Å². The molecule has 0 spiro atoms. The van der Waals surface area contributed by atoms with Gasteiger partial charge in [0.1, 0.15) is 11.6 Å². The first-order valence-corrected chi connectivity index (χ1v) is 10.4. The molecule has 3 rings (SSSR count). The topological polar surface area (TPSA) is 109 Å². The van der Waals surface area contributed by atoms with E-state index in [0.717, 1.165) is 11.6 Å². The Morgan fingerprint density at radius 1 is 0.971 bits per heavy atom. The van der Waals surface area contributed by atoms with E-state index in [1.54, 1.807) is 24.3 Å². The SMILES string of the molecule is O=C(COc1ccccc1/C=N\NC(=O)C(=O)NCc1ccccc1)Nc1ccc(F)c(Cl)c1. The molecule has 0 atom stereocenters. The second-order valence-electron chi connectivity index (χ2n) is 6.87. The van der Waals surface area contributed by atoms with Crippen LogP contribution < -0.4 is 20.8 Å². The van der Waals surface area contributed by atoms with E-state index in [1.165, 1.54) is 18.3 Å². The quantitative estimate of drug-likeness (QED) is 0.260. The molecule has 3 N–H and O–H groups in total. The lowest BCUT2D eigenvalue weighted by atomic mass is 10.2. The average Bonchev–Trinajstić information content (AvgIpc) is 2.84. The summed E-state index contributed by atoms with van der Waals surface area (Å²) in [6.45, 7) is -0.131. The number of anilines is 1.